The van der Waals surface area contributed by atoms with Crippen molar-refractivity contribution in [3.05, 3.63) is 0 Å². The Labute approximate surface area is 109 Å². The van der Waals surface area contributed by atoms with Gasteiger partial charge in [0.05, 0.1) is 6.04 Å². The fourth-order valence-corrected chi connectivity index (χ4v) is 0.592. The molecule has 0 amide bonds. The first-order valence-corrected chi connectivity index (χ1v) is 7.91. The van der Waals surface area contributed by atoms with E-state index in [1.165, 1.54) is 0 Å². The maximum atomic E-state index is 9.94. The summed E-state index contributed by atoms with van der Waals surface area (Å²) < 4.78 is 17.8. The Bertz CT molecular complexity index is 265. The molecule has 0 saturated carbocycles. The van der Waals surface area contributed by atoms with Crippen molar-refractivity contribution in [2.45, 2.75) is 25.3 Å². The van der Waals surface area contributed by atoms with E-state index in [1.54, 1.807) is 0 Å². The molecule has 0 spiro atoms. The van der Waals surface area contributed by atoms with Crippen LogP contribution in [0.15, 0.2) is 0 Å². The van der Waals surface area contributed by atoms with Gasteiger partial charge in [-0.2, -0.15) is 0 Å². The molecular weight excluding hydrogens is 306 g/mol. The summed E-state index contributed by atoms with van der Waals surface area (Å²) in [6, 6.07) is -0.281. The quantitative estimate of drug-likeness (QED) is 0.153. The minimum Gasteiger partial charge on any atom is -0.330 e. The maximum absolute atomic E-state index is 9.94. The highest BCUT2D eigenvalue weighted by molar-refractivity contribution is 7.45. The number of hydrogen-bond donors (Lipinski definition) is 8. The average molecular weight is 326 g/mol. The summed E-state index contributed by atoms with van der Waals surface area (Å²) in [7, 11) is -9.28. The van der Waals surface area contributed by atoms with Crippen molar-refractivity contribution in [1.29, 1.82) is 0 Å². The van der Waals surface area contributed by atoms with Crippen LogP contribution < -0.4 is 11.5 Å². The SMILES string of the molecule is NCCCCC(N)C=O.O=P(O)(O)O.O=P(O)(O)O. The molecule has 11 nitrogen and oxygen atoms in total. The number of nitrogens with two attached hydrogens (primary N) is 2. The number of aldehydes is 1. The van der Waals surface area contributed by atoms with Crippen molar-refractivity contribution in [2.75, 3.05) is 6.54 Å². The minimum absolute atomic E-state index is 0.281. The molecule has 0 aromatic carbocycles. The Morgan fingerprint density at radius 1 is 0.947 bits per heavy atom. The Balaban J connectivity index is -0.000000219. The monoisotopic (exact) mass is 326 g/mol. The van der Waals surface area contributed by atoms with Crippen molar-refractivity contribution in [1.82, 2.24) is 0 Å². The predicted molar refractivity (Wildman–Crippen MR) is 65.5 cm³/mol. The molecule has 0 fully saturated rings. The van der Waals surface area contributed by atoms with Crippen molar-refractivity contribution in [2.24, 2.45) is 11.5 Å². The normalized spacial score (nSPS) is 12.4. The lowest BCUT2D eigenvalue weighted by Gasteiger charge is -2.00. The number of carbonyl (C=O) groups is 1. The molecule has 1 unspecified atom stereocenters. The van der Waals surface area contributed by atoms with Crippen molar-refractivity contribution < 1.29 is 43.3 Å². The summed E-state index contributed by atoms with van der Waals surface area (Å²) >= 11 is 0. The Morgan fingerprint density at radius 2 is 1.26 bits per heavy atom. The zero-order valence-electron chi connectivity index (χ0n) is 9.94. The maximum Gasteiger partial charge on any atom is 0.466 e. The molecule has 1 atom stereocenters. The second kappa shape index (κ2) is 12.8. The van der Waals surface area contributed by atoms with Gasteiger partial charge in [-0.25, -0.2) is 9.13 Å². The van der Waals surface area contributed by atoms with Crippen LogP contribution in [0.2, 0.25) is 0 Å². The van der Waals surface area contributed by atoms with Gasteiger partial charge in [0.2, 0.25) is 0 Å². The average Bonchev–Trinajstić information content (AvgIpc) is 2.12. The van der Waals surface area contributed by atoms with E-state index in [-0.39, 0.29) is 6.04 Å². The number of carbonyl (C=O) groups excluding carboxylic acids is 1. The van der Waals surface area contributed by atoms with E-state index < -0.39 is 15.6 Å². The van der Waals surface area contributed by atoms with Crippen LogP contribution in [0.5, 0.6) is 0 Å². The first kappa shape index (κ1) is 23.9. The second-order valence-electron chi connectivity index (χ2n) is 3.11. The summed E-state index contributed by atoms with van der Waals surface area (Å²) in [5.41, 5.74) is 10.5. The summed E-state index contributed by atoms with van der Waals surface area (Å²) in [4.78, 5) is 53.1. The topological polar surface area (TPSA) is 225 Å². The highest BCUT2D eigenvalue weighted by Gasteiger charge is 2.00. The zero-order chi connectivity index (χ0) is 16.1. The van der Waals surface area contributed by atoms with E-state index >= 15 is 0 Å². The summed E-state index contributed by atoms with van der Waals surface area (Å²) in [5, 5.41) is 0. The molecule has 0 radical (unpaired) electrons. The lowest BCUT2D eigenvalue weighted by Crippen LogP contribution is -2.21. The van der Waals surface area contributed by atoms with Gasteiger partial charge in [-0.1, -0.05) is 6.42 Å². The highest BCUT2D eigenvalue weighted by Crippen LogP contribution is 2.26. The zero-order valence-corrected chi connectivity index (χ0v) is 11.7. The van der Waals surface area contributed by atoms with Gasteiger partial charge in [0.1, 0.15) is 6.29 Å². The summed E-state index contributed by atoms with van der Waals surface area (Å²) in [5.74, 6) is 0. The molecule has 0 aliphatic heterocycles. The van der Waals surface area contributed by atoms with E-state index in [2.05, 4.69) is 0 Å². The van der Waals surface area contributed by atoms with E-state index in [0.717, 1.165) is 25.5 Å². The molecule has 19 heavy (non-hydrogen) atoms. The summed E-state index contributed by atoms with van der Waals surface area (Å²) in [6.07, 6.45) is 3.45. The van der Waals surface area contributed by atoms with Gasteiger partial charge in [0, 0.05) is 0 Å². The molecule has 10 N–H and O–H groups in total. The molecular formula is C6H20N2O9P2. The molecule has 0 saturated heterocycles. The molecule has 0 heterocycles. The standard InChI is InChI=1S/C6H14N2O.2H3O4P/c7-4-2-1-3-6(8)5-9;2*1-5(2,3)4/h5-6H,1-4,7-8H2;2*(H3,1,2,3,4). The van der Waals surface area contributed by atoms with Crippen LogP contribution in [0.4, 0.5) is 0 Å². The van der Waals surface area contributed by atoms with Crippen LogP contribution in [-0.2, 0) is 13.9 Å². The van der Waals surface area contributed by atoms with Gasteiger partial charge in [0.25, 0.3) is 0 Å². The Morgan fingerprint density at radius 3 is 1.47 bits per heavy atom. The molecule has 118 valence electrons. The highest BCUT2D eigenvalue weighted by atomic mass is 31.2. The molecule has 13 heteroatoms. The fourth-order valence-electron chi connectivity index (χ4n) is 0.592. The predicted octanol–water partition coefficient (Wildman–Crippen LogP) is -2.22. The van der Waals surface area contributed by atoms with Gasteiger partial charge in [-0.15, -0.1) is 0 Å². The lowest BCUT2D eigenvalue weighted by atomic mass is 10.1. The third kappa shape index (κ3) is 96.0. The Kier molecular flexibility index (Phi) is 16.1. The van der Waals surface area contributed by atoms with Gasteiger partial charge in [-0.05, 0) is 19.4 Å². The first-order valence-electron chi connectivity index (χ1n) is 4.78. The third-order valence-corrected chi connectivity index (χ3v) is 1.17. The van der Waals surface area contributed by atoms with Crippen LogP contribution in [0.25, 0.3) is 0 Å². The molecule has 0 aromatic heterocycles. The van der Waals surface area contributed by atoms with Gasteiger partial charge in [0.15, 0.2) is 0 Å². The third-order valence-electron chi connectivity index (χ3n) is 1.17. The van der Waals surface area contributed by atoms with Crippen LogP contribution >= 0.6 is 15.6 Å². The van der Waals surface area contributed by atoms with Crippen LogP contribution in [0, 0.1) is 0 Å². The lowest BCUT2D eigenvalue weighted by molar-refractivity contribution is -0.109. The van der Waals surface area contributed by atoms with E-state index in [0.29, 0.717) is 6.54 Å². The Hall–Kier alpha value is -0.190. The van der Waals surface area contributed by atoms with E-state index in [1.807, 2.05) is 0 Å². The van der Waals surface area contributed by atoms with Crippen LogP contribution in [0.1, 0.15) is 19.3 Å². The van der Waals surface area contributed by atoms with Crippen molar-refractivity contribution in [3.63, 3.8) is 0 Å². The number of rotatable bonds is 5. The fraction of sp³-hybridized carbons (Fsp3) is 0.833. The summed E-state index contributed by atoms with van der Waals surface area (Å²) in [6.45, 7) is 0.686. The largest absolute Gasteiger partial charge is 0.466 e. The van der Waals surface area contributed by atoms with E-state index in [4.69, 9.17) is 50.0 Å². The van der Waals surface area contributed by atoms with Gasteiger partial charge >= 0.3 is 15.6 Å². The first-order chi connectivity index (χ1) is 8.31. The smallest absolute Gasteiger partial charge is 0.330 e. The van der Waals surface area contributed by atoms with Gasteiger partial charge < -0.3 is 45.6 Å². The van der Waals surface area contributed by atoms with E-state index in [9.17, 15) is 4.79 Å². The second-order valence-corrected chi connectivity index (χ2v) is 5.16. The molecule has 0 bridgehead atoms. The number of hydrogen-bond acceptors (Lipinski definition) is 5. The minimum atomic E-state index is -4.64. The van der Waals surface area contributed by atoms with Crippen LogP contribution in [0.3, 0.4) is 0 Å². The molecule has 0 aliphatic carbocycles. The van der Waals surface area contributed by atoms with Crippen LogP contribution in [-0.4, -0.2) is 48.2 Å². The van der Waals surface area contributed by atoms with Crippen molar-refractivity contribution in [3.8, 4) is 0 Å². The van der Waals surface area contributed by atoms with Gasteiger partial charge in [-0.3, -0.25) is 0 Å². The molecule has 0 aliphatic rings. The number of unbranched alkanes of at least 4 members (excludes halogenated alkanes) is 1. The number of phosphoric acid groups is 2. The molecule has 0 aromatic rings. The van der Waals surface area contributed by atoms with Crippen molar-refractivity contribution >= 4 is 21.9 Å². The molecule has 0 rings (SSSR count).